The maximum Gasteiger partial charge on any atom is 0.256 e. The van der Waals surface area contributed by atoms with Crippen LogP contribution >= 0.6 is 11.8 Å². The van der Waals surface area contributed by atoms with Crippen molar-refractivity contribution in [2.75, 3.05) is 31.1 Å². The first-order chi connectivity index (χ1) is 14.1. The number of thioether (sulfide) groups is 1. The molecule has 1 amide bonds. The van der Waals surface area contributed by atoms with Gasteiger partial charge in [-0.05, 0) is 38.1 Å². The van der Waals surface area contributed by atoms with Gasteiger partial charge in [0, 0.05) is 49.9 Å². The molecule has 0 aromatic carbocycles. The molecule has 0 spiro atoms. The fourth-order valence-electron chi connectivity index (χ4n) is 3.37. The number of aromatic nitrogens is 3. The van der Waals surface area contributed by atoms with Gasteiger partial charge in [-0.15, -0.1) is 11.8 Å². The van der Waals surface area contributed by atoms with Crippen molar-refractivity contribution in [2.24, 2.45) is 0 Å². The molecule has 3 aromatic heterocycles. The van der Waals surface area contributed by atoms with Gasteiger partial charge in [0.15, 0.2) is 0 Å². The van der Waals surface area contributed by atoms with E-state index in [9.17, 15) is 4.79 Å². The average Bonchev–Trinajstić information content (AvgIpc) is 3.10. The Kier molecular flexibility index (Phi) is 5.80. The van der Waals surface area contributed by atoms with Crippen molar-refractivity contribution in [3.05, 3.63) is 65.3 Å². The number of nitrogens with zero attached hydrogens (tertiary/aromatic N) is 5. The summed E-state index contributed by atoms with van der Waals surface area (Å²) in [6.45, 7) is 6.70. The topological polar surface area (TPSA) is 75.4 Å². The Balaban J connectivity index is 1.43. The Morgan fingerprint density at radius 2 is 1.86 bits per heavy atom. The van der Waals surface area contributed by atoms with E-state index in [0.29, 0.717) is 24.4 Å². The summed E-state index contributed by atoms with van der Waals surface area (Å²) in [7, 11) is 0. The Morgan fingerprint density at radius 1 is 1.07 bits per heavy atom. The van der Waals surface area contributed by atoms with Crippen LogP contribution < -0.4 is 4.90 Å². The van der Waals surface area contributed by atoms with Crippen LogP contribution in [0.4, 0.5) is 5.82 Å². The molecule has 0 unspecified atom stereocenters. The van der Waals surface area contributed by atoms with E-state index in [0.717, 1.165) is 41.0 Å². The van der Waals surface area contributed by atoms with Gasteiger partial charge in [-0.1, -0.05) is 11.2 Å². The van der Waals surface area contributed by atoms with Crippen molar-refractivity contribution in [1.29, 1.82) is 0 Å². The molecular weight excluding hydrogens is 386 g/mol. The van der Waals surface area contributed by atoms with E-state index in [-0.39, 0.29) is 5.91 Å². The van der Waals surface area contributed by atoms with Crippen LogP contribution in [0.3, 0.4) is 0 Å². The lowest BCUT2D eigenvalue weighted by Crippen LogP contribution is -2.49. The van der Waals surface area contributed by atoms with E-state index in [1.54, 1.807) is 24.2 Å². The fourth-order valence-corrected chi connectivity index (χ4v) is 4.51. The van der Waals surface area contributed by atoms with E-state index in [2.05, 4.69) is 20.0 Å². The van der Waals surface area contributed by atoms with Crippen molar-refractivity contribution < 1.29 is 9.32 Å². The maximum absolute atomic E-state index is 13.2. The summed E-state index contributed by atoms with van der Waals surface area (Å²) < 4.78 is 5.23. The van der Waals surface area contributed by atoms with Crippen LogP contribution in [0.15, 0.2) is 52.3 Å². The number of rotatable bonds is 5. The van der Waals surface area contributed by atoms with E-state index in [1.807, 2.05) is 49.1 Å². The van der Waals surface area contributed by atoms with Gasteiger partial charge in [0.25, 0.3) is 5.91 Å². The number of hydrogen-bond acceptors (Lipinski definition) is 7. The van der Waals surface area contributed by atoms with Crippen LogP contribution in [0, 0.1) is 13.8 Å². The van der Waals surface area contributed by atoms with Gasteiger partial charge in [0.05, 0.1) is 11.3 Å². The van der Waals surface area contributed by atoms with E-state index in [1.165, 1.54) is 0 Å². The van der Waals surface area contributed by atoms with Gasteiger partial charge in [-0.2, -0.15) is 0 Å². The molecule has 0 saturated carbocycles. The highest BCUT2D eigenvalue weighted by Gasteiger charge is 2.25. The summed E-state index contributed by atoms with van der Waals surface area (Å²) in [5.41, 5.74) is 2.59. The third-order valence-corrected chi connectivity index (χ3v) is 6.11. The molecule has 3 aromatic rings. The molecule has 8 heteroatoms. The van der Waals surface area contributed by atoms with E-state index < -0.39 is 0 Å². The Hall–Kier alpha value is -2.87. The Morgan fingerprint density at radius 3 is 2.55 bits per heavy atom. The second-order valence-corrected chi connectivity index (χ2v) is 7.88. The summed E-state index contributed by atoms with van der Waals surface area (Å²) in [5, 5.41) is 4.74. The Labute approximate surface area is 174 Å². The normalized spacial score (nSPS) is 14.3. The minimum absolute atomic E-state index is 0.0278. The number of amides is 1. The number of anilines is 1. The average molecular weight is 410 g/mol. The third-order valence-electron chi connectivity index (χ3n) is 5.08. The fraction of sp³-hybridized carbons (Fsp3) is 0.333. The van der Waals surface area contributed by atoms with Gasteiger partial charge in [-0.3, -0.25) is 4.79 Å². The highest BCUT2D eigenvalue weighted by molar-refractivity contribution is 7.98. The monoisotopic (exact) mass is 409 g/mol. The second-order valence-electron chi connectivity index (χ2n) is 6.91. The minimum atomic E-state index is 0.0278. The molecule has 1 aliphatic heterocycles. The zero-order chi connectivity index (χ0) is 20.2. The van der Waals surface area contributed by atoms with Crippen LogP contribution in [-0.2, 0) is 5.75 Å². The van der Waals surface area contributed by atoms with Gasteiger partial charge in [-0.25, -0.2) is 9.97 Å². The summed E-state index contributed by atoms with van der Waals surface area (Å²) in [6, 6.07) is 9.57. The standard InChI is InChI=1S/C21H23N5O2S/c1-15-18(16(2)28-24-15)14-29-20-17(6-5-9-23-20)21(27)26-12-10-25(11-13-26)19-7-3-4-8-22-19/h3-9H,10-14H2,1-2H3. The molecule has 0 radical (unpaired) electrons. The van der Waals surface area contributed by atoms with Gasteiger partial charge >= 0.3 is 0 Å². The molecule has 1 fully saturated rings. The number of carbonyl (C=O) groups is 1. The molecule has 0 aliphatic carbocycles. The molecule has 29 heavy (non-hydrogen) atoms. The molecule has 0 bridgehead atoms. The predicted octanol–water partition coefficient (Wildman–Crippen LogP) is 3.34. The highest BCUT2D eigenvalue weighted by Crippen LogP contribution is 2.28. The van der Waals surface area contributed by atoms with Gasteiger partial charge in [0.1, 0.15) is 16.6 Å². The van der Waals surface area contributed by atoms with E-state index in [4.69, 9.17) is 4.52 Å². The zero-order valence-electron chi connectivity index (χ0n) is 16.5. The maximum atomic E-state index is 13.2. The number of aryl methyl sites for hydroxylation is 2. The summed E-state index contributed by atoms with van der Waals surface area (Å²) in [4.78, 5) is 26.1. The molecule has 150 valence electrons. The lowest BCUT2D eigenvalue weighted by atomic mass is 10.2. The summed E-state index contributed by atoms with van der Waals surface area (Å²) >= 11 is 1.54. The highest BCUT2D eigenvalue weighted by atomic mass is 32.2. The first-order valence-electron chi connectivity index (χ1n) is 9.58. The SMILES string of the molecule is Cc1noc(C)c1CSc1ncccc1C(=O)N1CCN(c2ccccn2)CC1. The molecular formula is C21H23N5O2S. The van der Waals surface area contributed by atoms with Gasteiger partial charge in [0.2, 0.25) is 0 Å². The number of carbonyl (C=O) groups excluding carboxylic acids is 1. The molecule has 4 heterocycles. The van der Waals surface area contributed by atoms with Crippen LogP contribution in [0.2, 0.25) is 0 Å². The van der Waals surface area contributed by atoms with Crippen molar-refractivity contribution in [3.8, 4) is 0 Å². The quantitative estimate of drug-likeness (QED) is 0.598. The van der Waals surface area contributed by atoms with Crippen LogP contribution in [0.1, 0.15) is 27.4 Å². The third kappa shape index (κ3) is 4.27. The largest absolute Gasteiger partial charge is 0.361 e. The first kappa shape index (κ1) is 19.4. The Bertz CT molecular complexity index is 964. The van der Waals surface area contributed by atoms with Crippen LogP contribution in [0.5, 0.6) is 0 Å². The van der Waals surface area contributed by atoms with Crippen LogP contribution in [-0.4, -0.2) is 52.1 Å². The van der Waals surface area contributed by atoms with E-state index >= 15 is 0 Å². The molecule has 0 atom stereocenters. The minimum Gasteiger partial charge on any atom is -0.361 e. The molecule has 4 rings (SSSR count). The zero-order valence-corrected chi connectivity index (χ0v) is 17.4. The second kappa shape index (κ2) is 8.65. The van der Waals surface area contributed by atoms with Crippen molar-refractivity contribution in [3.63, 3.8) is 0 Å². The predicted molar refractivity (Wildman–Crippen MR) is 112 cm³/mol. The van der Waals surface area contributed by atoms with Crippen molar-refractivity contribution >= 4 is 23.5 Å². The lowest BCUT2D eigenvalue weighted by Gasteiger charge is -2.35. The molecule has 0 N–H and O–H groups in total. The van der Waals surface area contributed by atoms with Crippen molar-refractivity contribution in [1.82, 2.24) is 20.0 Å². The smallest absolute Gasteiger partial charge is 0.256 e. The number of pyridine rings is 2. The van der Waals surface area contributed by atoms with Gasteiger partial charge < -0.3 is 14.3 Å². The lowest BCUT2D eigenvalue weighted by molar-refractivity contribution is 0.0742. The molecule has 1 saturated heterocycles. The summed E-state index contributed by atoms with van der Waals surface area (Å²) in [5.74, 6) is 2.47. The molecule has 1 aliphatic rings. The molecule has 7 nitrogen and oxygen atoms in total. The first-order valence-corrected chi connectivity index (χ1v) is 10.6. The summed E-state index contributed by atoms with van der Waals surface area (Å²) in [6.07, 6.45) is 3.52. The number of piperazine rings is 1. The van der Waals surface area contributed by atoms with Crippen LogP contribution in [0.25, 0.3) is 0 Å². The van der Waals surface area contributed by atoms with Crippen molar-refractivity contribution in [2.45, 2.75) is 24.6 Å². The number of hydrogen-bond donors (Lipinski definition) is 0.